The van der Waals surface area contributed by atoms with Crippen LogP contribution in [-0.4, -0.2) is 11.6 Å². The van der Waals surface area contributed by atoms with Gasteiger partial charge in [0.2, 0.25) is 0 Å². The predicted molar refractivity (Wildman–Crippen MR) is 114 cm³/mol. The summed E-state index contributed by atoms with van der Waals surface area (Å²) < 4.78 is 0. The van der Waals surface area contributed by atoms with Crippen molar-refractivity contribution in [3.05, 3.63) is 95.1 Å². The Labute approximate surface area is 165 Å². The van der Waals surface area contributed by atoms with Gasteiger partial charge < -0.3 is 0 Å². The van der Waals surface area contributed by atoms with E-state index in [1.807, 2.05) is 60.7 Å². The monoisotopic (exact) mass is 366 g/mol. The van der Waals surface area contributed by atoms with Gasteiger partial charge in [-0.1, -0.05) is 74.5 Å². The number of fused-ring (bicyclic) bond motifs is 1. The average molecular weight is 366 g/mol. The average Bonchev–Trinajstić information content (AvgIpc) is 2.75. The van der Waals surface area contributed by atoms with Crippen LogP contribution < -0.4 is 0 Å². The zero-order valence-electron chi connectivity index (χ0n) is 16.2. The Morgan fingerprint density at radius 1 is 0.536 bits per heavy atom. The maximum atomic E-state index is 13.0. The first-order valence-corrected chi connectivity index (χ1v) is 9.76. The Bertz CT molecular complexity index is 1000. The van der Waals surface area contributed by atoms with Crippen molar-refractivity contribution in [2.24, 2.45) is 0 Å². The minimum absolute atomic E-state index is 0.0945. The summed E-state index contributed by atoms with van der Waals surface area (Å²) in [5, 5.41) is 0. The van der Waals surface area contributed by atoms with Gasteiger partial charge in [0, 0.05) is 11.1 Å². The van der Waals surface area contributed by atoms with Gasteiger partial charge in [-0.25, -0.2) is 0 Å². The number of carbonyl (C=O) groups excluding carboxylic acids is 2. The van der Waals surface area contributed by atoms with E-state index in [0.717, 1.165) is 46.2 Å². The summed E-state index contributed by atoms with van der Waals surface area (Å²) in [6.45, 7) is 4.24. The van der Waals surface area contributed by atoms with Gasteiger partial charge in [-0.05, 0) is 58.4 Å². The summed E-state index contributed by atoms with van der Waals surface area (Å²) in [4.78, 5) is 26.1. The molecule has 3 aromatic rings. The van der Waals surface area contributed by atoms with Crippen LogP contribution in [0.2, 0.25) is 0 Å². The molecule has 0 aromatic heterocycles. The highest BCUT2D eigenvalue weighted by Gasteiger charge is 2.31. The van der Waals surface area contributed by atoms with Crippen molar-refractivity contribution >= 4 is 11.6 Å². The standard InChI is InChI=1S/C26H22O2/c1-3-19-20(4-2)24(18-13-9-6-10-14-18)26-22(28)16-15-21(27)25(26)23(19)17-11-7-5-8-12-17/h5-16H,3-4H2,1-2H3. The molecule has 0 unspecified atom stereocenters. The largest absolute Gasteiger partial charge is 0.289 e. The molecule has 3 aromatic carbocycles. The van der Waals surface area contributed by atoms with Crippen LogP contribution in [0.4, 0.5) is 0 Å². The van der Waals surface area contributed by atoms with Gasteiger partial charge in [-0.15, -0.1) is 0 Å². The molecule has 28 heavy (non-hydrogen) atoms. The summed E-state index contributed by atoms with van der Waals surface area (Å²) in [6, 6.07) is 19.9. The van der Waals surface area contributed by atoms with Crippen molar-refractivity contribution in [1.82, 2.24) is 0 Å². The number of ketones is 2. The Morgan fingerprint density at radius 3 is 1.21 bits per heavy atom. The molecule has 2 heteroatoms. The molecular weight excluding hydrogens is 344 g/mol. The summed E-state index contributed by atoms with van der Waals surface area (Å²) in [6.07, 6.45) is 4.42. The van der Waals surface area contributed by atoms with Gasteiger partial charge in [0.25, 0.3) is 0 Å². The highest BCUT2D eigenvalue weighted by atomic mass is 16.1. The van der Waals surface area contributed by atoms with Crippen molar-refractivity contribution in [3.63, 3.8) is 0 Å². The molecule has 1 aliphatic carbocycles. The molecule has 0 amide bonds. The van der Waals surface area contributed by atoms with Gasteiger partial charge in [0.05, 0.1) is 0 Å². The second-order valence-electron chi connectivity index (χ2n) is 6.96. The van der Waals surface area contributed by atoms with Crippen molar-refractivity contribution in [1.29, 1.82) is 0 Å². The fourth-order valence-electron chi connectivity index (χ4n) is 4.29. The summed E-state index contributed by atoms with van der Waals surface area (Å²) in [5.41, 5.74) is 7.21. The minimum atomic E-state index is -0.0945. The van der Waals surface area contributed by atoms with Crippen molar-refractivity contribution in [2.45, 2.75) is 26.7 Å². The number of benzene rings is 3. The van der Waals surface area contributed by atoms with E-state index in [1.54, 1.807) is 0 Å². The first-order valence-electron chi connectivity index (χ1n) is 9.76. The number of rotatable bonds is 4. The molecule has 0 aliphatic heterocycles. The van der Waals surface area contributed by atoms with Gasteiger partial charge >= 0.3 is 0 Å². The first-order chi connectivity index (χ1) is 13.7. The van der Waals surface area contributed by atoms with Gasteiger partial charge in [0.1, 0.15) is 0 Å². The topological polar surface area (TPSA) is 34.1 Å². The third-order valence-corrected chi connectivity index (χ3v) is 5.43. The molecule has 1 aliphatic rings. The van der Waals surface area contributed by atoms with Crippen molar-refractivity contribution < 1.29 is 9.59 Å². The molecule has 0 spiro atoms. The lowest BCUT2D eigenvalue weighted by atomic mass is 9.76. The van der Waals surface area contributed by atoms with E-state index < -0.39 is 0 Å². The van der Waals surface area contributed by atoms with E-state index >= 15 is 0 Å². The van der Waals surface area contributed by atoms with Crippen LogP contribution in [0.3, 0.4) is 0 Å². The summed E-state index contributed by atoms with van der Waals surface area (Å²) in [5.74, 6) is -0.189. The first kappa shape index (κ1) is 18.1. The van der Waals surface area contributed by atoms with E-state index in [1.165, 1.54) is 12.2 Å². The number of carbonyl (C=O) groups is 2. The molecule has 138 valence electrons. The minimum Gasteiger partial charge on any atom is -0.289 e. The fraction of sp³-hybridized carbons (Fsp3) is 0.154. The van der Waals surface area contributed by atoms with Crippen LogP contribution in [0.25, 0.3) is 22.3 Å². The maximum Gasteiger partial charge on any atom is 0.187 e. The third kappa shape index (κ3) is 2.82. The van der Waals surface area contributed by atoms with E-state index in [0.29, 0.717) is 11.1 Å². The molecule has 0 fully saturated rings. The van der Waals surface area contributed by atoms with Crippen LogP contribution in [0.5, 0.6) is 0 Å². The van der Waals surface area contributed by atoms with Crippen molar-refractivity contribution in [2.75, 3.05) is 0 Å². The van der Waals surface area contributed by atoms with Crippen LogP contribution in [0.15, 0.2) is 72.8 Å². The second-order valence-corrected chi connectivity index (χ2v) is 6.96. The lowest BCUT2D eigenvalue weighted by molar-refractivity contribution is 0.0995. The summed E-state index contributed by atoms with van der Waals surface area (Å²) in [7, 11) is 0. The Balaban J connectivity index is 2.21. The number of allylic oxidation sites excluding steroid dienone is 2. The van der Waals surface area contributed by atoms with Crippen molar-refractivity contribution in [3.8, 4) is 22.3 Å². The molecule has 0 bridgehead atoms. The van der Waals surface area contributed by atoms with Crippen LogP contribution in [-0.2, 0) is 12.8 Å². The molecule has 0 atom stereocenters. The normalized spacial score (nSPS) is 12.9. The van der Waals surface area contributed by atoms with Gasteiger partial charge in [-0.3, -0.25) is 9.59 Å². The number of hydrogen-bond donors (Lipinski definition) is 0. The highest BCUT2D eigenvalue weighted by molar-refractivity contribution is 6.27. The van der Waals surface area contributed by atoms with Crippen LogP contribution in [0.1, 0.15) is 45.7 Å². The highest BCUT2D eigenvalue weighted by Crippen LogP contribution is 2.42. The predicted octanol–water partition coefficient (Wildman–Crippen LogP) is 6.08. The maximum absolute atomic E-state index is 13.0. The van der Waals surface area contributed by atoms with Crippen LogP contribution >= 0.6 is 0 Å². The fourth-order valence-corrected chi connectivity index (χ4v) is 4.29. The lowest BCUT2D eigenvalue weighted by Crippen LogP contribution is -2.18. The van der Waals surface area contributed by atoms with E-state index in [9.17, 15) is 9.59 Å². The Kier molecular flexibility index (Phi) is 4.79. The van der Waals surface area contributed by atoms with E-state index in [-0.39, 0.29) is 11.6 Å². The van der Waals surface area contributed by atoms with Crippen LogP contribution in [0, 0.1) is 0 Å². The molecule has 2 nitrogen and oxygen atoms in total. The van der Waals surface area contributed by atoms with E-state index in [2.05, 4.69) is 13.8 Å². The Hall–Kier alpha value is -3.26. The zero-order valence-corrected chi connectivity index (χ0v) is 16.2. The quantitative estimate of drug-likeness (QED) is 0.561. The lowest BCUT2D eigenvalue weighted by Gasteiger charge is -2.26. The SMILES string of the molecule is CCc1c(CC)c(-c2ccccc2)c2c(c1-c1ccccc1)C(=O)C=CC2=O. The number of hydrogen-bond acceptors (Lipinski definition) is 2. The summed E-state index contributed by atoms with van der Waals surface area (Å²) >= 11 is 0. The third-order valence-electron chi connectivity index (χ3n) is 5.43. The molecule has 0 radical (unpaired) electrons. The molecule has 4 rings (SSSR count). The molecule has 0 heterocycles. The van der Waals surface area contributed by atoms with Gasteiger partial charge in [0.15, 0.2) is 11.6 Å². The Morgan fingerprint density at radius 2 is 0.893 bits per heavy atom. The molecule has 0 saturated heterocycles. The van der Waals surface area contributed by atoms with Gasteiger partial charge in [-0.2, -0.15) is 0 Å². The molecule has 0 N–H and O–H groups in total. The molecular formula is C26H22O2. The van der Waals surface area contributed by atoms with E-state index in [4.69, 9.17) is 0 Å². The molecule has 0 saturated carbocycles. The zero-order chi connectivity index (χ0) is 19.7. The second kappa shape index (κ2) is 7.40. The smallest absolute Gasteiger partial charge is 0.187 e.